The van der Waals surface area contributed by atoms with Crippen LogP contribution in [0.15, 0.2) is 29.1 Å². The molecule has 9 nitrogen and oxygen atoms in total. The number of benzene rings is 1. The lowest BCUT2D eigenvalue weighted by Gasteiger charge is -2.31. The Labute approximate surface area is 188 Å². The number of fused-ring (bicyclic) bond motifs is 5. The number of pyridine rings is 2. The molecular weight excluding hydrogens is 426 g/mol. The van der Waals surface area contributed by atoms with Crippen molar-refractivity contribution in [2.45, 2.75) is 44.9 Å². The van der Waals surface area contributed by atoms with Crippen LogP contribution < -0.4 is 16.0 Å². The molecule has 2 aliphatic heterocycles. The van der Waals surface area contributed by atoms with Crippen molar-refractivity contribution < 1.29 is 24.2 Å². The molecule has 3 aromatic rings. The summed E-state index contributed by atoms with van der Waals surface area (Å²) in [6.45, 7) is 1.79. The van der Waals surface area contributed by atoms with Gasteiger partial charge in [-0.1, -0.05) is 6.92 Å². The monoisotopic (exact) mass is 449 g/mol. The van der Waals surface area contributed by atoms with Crippen molar-refractivity contribution in [2.75, 3.05) is 7.11 Å². The normalized spacial score (nSPS) is 18.5. The Morgan fingerprint density at radius 2 is 2.12 bits per heavy atom. The number of aliphatic hydroxyl groups is 1. The van der Waals surface area contributed by atoms with Crippen LogP contribution in [0.4, 0.5) is 0 Å². The molecule has 0 saturated heterocycles. The van der Waals surface area contributed by atoms with Crippen molar-refractivity contribution in [2.24, 2.45) is 5.73 Å². The lowest BCUT2D eigenvalue weighted by Crippen LogP contribution is -2.44. The second-order valence-corrected chi connectivity index (χ2v) is 8.38. The fraction of sp³-hybridized carbons (Fsp3) is 0.333. The molecule has 9 heteroatoms. The van der Waals surface area contributed by atoms with E-state index in [4.69, 9.17) is 20.2 Å². The first-order valence-electron chi connectivity index (χ1n) is 10.7. The number of nitrogens with zero attached hydrogens (tertiary/aromatic N) is 2. The van der Waals surface area contributed by atoms with Crippen LogP contribution >= 0.6 is 0 Å². The van der Waals surface area contributed by atoms with Crippen molar-refractivity contribution in [3.8, 4) is 17.1 Å². The average molecular weight is 449 g/mol. The van der Waals surface area contributed by atoms with Gasteiger partial charge in [0.15, 0.2) is 5.60 Å². The largest absolute Gasteiger partial charge is 0.496 e. The van der Waals surface area contributed by atoms with Crippen molar-refractivity contribution in [3.05, 3.63) is 56.9 Å². The third kappa shape index (κ3) is 3.03. The minimum Gasteiger partial charge on any atom is -0.496 e. The van der Waals surface area contributed by atoms with Gasteiger partial charge < -0.3 is 24.9 Å². The van der Waals surface area contributed by atoms with E-state index in [1.54, 1.807) is 30.7 Å². The molecule has 3 N–H and O–H groups in total. The minimum absolute atomic E-state index is 0.0861. The number of hydrogen-bond donors (Lipinski definition) is 2. The third-order valence-electron chi connectivity index (χ3n) is 6.60. The predicted molar refractivity (Wildman–Crippen MR) is 119 cm³/mol. The highest BCUT2D eigenvalue weighted by atomic mass is 16.6. The van der Waals surface area contributed by atoms with E-state index in [9.17, 15) is 19.5 Å². The Kier molecular flexibility index (Phi) is 4.75. The fourth-order valence-corrected chi connectivity index (χ4v) is 4.79. The summed E-state index contributed by atoms with van der Waals surface area (Å²) in [5, 5.41) is 11.8. The van der Waals surface area contributed by atoms with Crippen molar-refractivity contribution in [1.82, 2.24) is 9.55 Å². The van der Waals surface area contributed by atoms with E-state index in [-0.39, 0.29) is 36.1 Å². The molecule has 1 amide bonds. The molecule has 0 spiro atoms. The summed E-state index contributed by atoms with van der Waals surface area (Å²) in [5.74, 6) is -0.525. The molecule has 33 heavy (non-hydrogen) atoms. The number of carbonyl (C=O) groups is 2. The summed E-state index contributed by atoms with van der Waals surface area (Å²) in [5.41, 5.74) is 7.23. The molecule has 5 rings (SSSR count). The van der Waals surface area contributed by atoms with Gasteiger partial charge in [-0.15, -0.1) is 0 Å². The van der Waals surface area contributed by atoms with Gasteiger partial charge in [0.2, 0.25) is 5.91 Å². The number of hydrogen-bond acceptors (Lipinski definition) is 7. The van der Waals surface area contributed by atoms with Gasteiger partial charge in [0, 0.05) is 28.5 Å². The van der Waals surface area contributed by atoms with E-state index >= 15 is 0 Å². The van der Waals surface area contributed by atoms with Crippen LogP contribution in [0.5, 0.6) is 5.75 Å². The Balaban J connectivity index is 1.71. The Morgan fingerprint density at radius 1 is 1.33 bits per heavy atom. The molecule has 0 radical (unpaired) electrons. The summed E-state index contributed by atoms with van der Waals surface area (Å²) < 4.78 is 12.2. The van der Waals surface area contributed by atoms with Crippen LogP contribution in [0.3, 0.4) is 0 Å². The van der Waals surface area contributed by atoms with Gasteiger partial charge >= 0.3 is 5.97 Å². The molecule has 0 saturated carbocycles. The molecule has 1 aromatic carbocycles. The van der Waals surface area contributed by atoms with E-state index in [0.717, 1.165) is 16.5 Å². The number of cyclic esters (lactones) is 1. The van der Waals surface area contributed by atoms with Gasteiger partial charge in [0.05, 0.1) is 36.1 Å². The van der Waals surface area contributed by atoms with E-state index in [2.05, 4.69) is 0 Å². The standard InChI is InChI=1S/C24H23N3O6/c1-3-24(31)16-9-18-21-12(10-27(18)22(29)15(16)11-33-23(24)30)8-14-13(4-7-20(25)28)19(32-2)6-5-17(14)26-21/h5-6,8-9,31H,3-4,7,10-11H2,1-2H3,(H2,25,28)/t24-/m0/s1. The first-order valence-corrected chi connectivity index (χ1v) is 10.7. The number of amides is 1. The molecule has 0 aliphatic carbocycles. The number of aromatic nitrogens is 2. The van der Waals surface area contributed by atoms with E-state index in [1.807, 2.05) is 12.1 Å². The van der Waals surface area contributed by atoms with Crippen LogP contribution in [0, 0.1) is 0 Å². The Morgan fingerprint density at radius 3 is 2.82 bits per heavy atom. The number of carbonyl (C=O) groups excluding carboxylic acids is 2. The highest BCUT2D eigenvalue weighted by Gasteiger charge is 2.45. The number of nitrogens with two attached hydrogens (primary N) is 1. The Hall–Kier alpha value is -3.72. The molecule has 2 aromatic heterocycles. The summed E-state index contributed by atoms with van der Waals surface area (Å²) in [6.07, 6.45) is 0.659. The van der Waals surface area contributed by atoms with Crippen molar-refractivity contribution in [1.29, 1.82) is 0 Å². The first-order chi connectivity index (χ1) is 15.8. The quantitative estimate of drug-likeness (QED) is 0.441. The third-order valence-corrected chi connectivity index (χ3v) is 6.60. The van der Waals surface area contributed by atoms with Gasteiger partial charge in [0.25, 0.3) is 5.56 Å². The van der Waals surface area contributed by atoms with Crippen LogP contribution in [-0.4, -0.2) is 33.6 Å². The zero-order chi connectivity index (χ0) is 23.5. The first kappa shape index (κ1) is 21.1. The molecule has 1 atom stereocenters. The second kappa shape index (κ2) is 7.41. The van der Waals surface area contributed by atoms with Crippen molar-refractivity contribution >= 4 is 22.8 Å². The summed E-state index contributed by atoms with van der Waals surface area (Å²) in [4.78, 5) is 41.8. The molecule has 0 unspecified atom stereocenters. The van der Waals surface area contributed by atoms with Gasteiger partial charge in [0.1, 0.15) is 12.4 Å². The molecule has 0 bridgehead atoms. The maximum absolute atomic E-state index is 13.3. The zero-order valence-electron chi connectivity index (χ0n) is 18.3. The lowest BCUT2D eigenvalue weighted by molar-refractivity contribution is -0.172. The van der Waals surface area contributed by atoms with Crippen LogP contribution in [-0.2, 0) is 39.5 Å². The SMILES string of the molecule is CC[C@@]1(O)C(=O)OCc2c1cc1n(c2=O)Cc2cc3c(CCC(N)=O)c(OC)ccc3nc2-1. The fourth-order valence-electron chi connectivity index (χ4n) is 4.79. The topological polar surface area (TPSA) is 134 Å². The summed E-state index contributed by atoms with van der Waals surface area (Å²) >= 11 is 0. The highest BCUT2D eigenvalue weighted by Crippen LogP contribution is 2.39. The zero-order valence-corrected chi connectivity index (χ0v) is 18.3. The predicted octanol–water partition coefficient (Wildman–Crippen LogP) is 1.51. The number of esters is 1. The summed E-state index contributed by atoms with van der Waals surface area (Å²) in [7, 11) is 1.56. The smallest absolute Gasteiger partial charge is 0.343 e. The van der Waals surface area contributed by atoms with Crippen LogP contribution in [0.25, 0.3) is 22.3 Å². The van der Waals surface area contributed by atoms with Gasteiger partial charge in [-0.3, -0.25) is 9.59 Å². The number of methoxy groups -OCH3 is 1. The van der Waals surface area contributed by atoms with Gasteiger partial charge in [-0.2, -0.15) is 0 Å². The number of aryl methyl sites for hydroxylation is 1. The van der Waals surface area contributed by atoms with Gasteiger partial charge in [-0.25, -0.2) is 9.78 Å². The lowest BCUT2D eigenvalue weighted by atomic mass is 9.86. The number of ether oxygens (including phenoxy) is 2. The Bertz CT molecular complexity index is 1410. The number of rotatable bonds is 5. The van der Waals surface area contributed by atoms with Crippen LogP contribution in [0.2, 0.25) is 0 Å². The van der Waals surface area contributed by atoms with Gasteiger partial charge in [-0.05, 0) is 37.1 Å². The maximum Gasteiger partial charge on any atom is 0.343 e. The summed E-state index contributed by atoms with van der Waals surface area (Å²) in [6, 6.07) is 7.25. The van der Waals surface area contributed by atoms with Crippen LogP contribution in [0.1, 0.15) is 42.0 Å². The molecule has 0 fully saturated rings. The number of primary amides is 1. The molecule has 2 aliphatic rings. The minimum atomic E-state index is -1.86. The van der Waals surface area contributed by atoms with E-state index in [1.165, 1.54) is 0 Å². The molecule has 4 heterocycles. The van der Waals surface area contributed by atoms with Crippen molar-refractivity contribution in [3.63, 3.8) is 0 Å². The maximum atomic E-state index is 13.3. The molecular formula is C24H23N3O6. The highest BCUT2D eigenvalue weighted by molar-refractivity contribution is 5.90. The van der Waals surface area contributed by atoms with E-state index in [0.29, 0.717) is 35.6 Å². The second-order valence-electron chi connectivity index (χ2n) is 8.38. The molecule has 170 valence electrons. The average Bonchev–Trinajstić information content (AvgIpc) is 3.16. The van der Waals surface area contributed by atoms with E-state index < -0.39 is 17.5 Å².